The number of anilines is 1. The average molecular weight is 612 g/mol. The number of halogens is 4. The second-order valence-electron chi connectivity index (χ2n) is 12.4. The number of rotatable bonds is 6. The van der Waals surface area contributed by atoms with Crippen molar-refractivity contribution in [1.82, 2.24) is 15.5 Å². The molecule has 6 atom stereocenters. The van der Waals surface area contributed by atoms with Crippen molar-refractivity contribution in [3.8, 4) is 0 Å². The highest BCUT2D eigenvalue weighted by atomic mass is 35.5. The number of nitrogens with one attached hydrogen (secondary N) is 3. The largest absolute Gasteiger partial charge is 0.389 e. The van der Waals surface area contributed by atoms with Crippen molar-refractivity contribution in [2.75, 3.05) is 31.5 Å². The van der Waals surface area contributed by atoms with Crippen molar-refractivity contribution in [2.24, 2.45) is 5.41 Å². The standard InChI is InChI=1S/C29H34Cl2F2N4O4/c1-28(2,3)11-22-29(15-9-18(32)17(31)10-19(15)35-27(29)41)23(14-5-4-6-16(30)24(14)33)25(36-22)26(40)34-7-8-37-12-20(38)21(39)13-37/h4-6,9-10,20-23,25,36,38-39H,7-8,11-13H2,1-3H3,(H,34,40)(H,35,41)/t20-,21-,22-,23+,25-,29+/m1/s1. The van der Waals surface area contributed by atoms with Crippen LogP contribution in [0.3, 0.4) is 0 Å². The summed E-state index contributed by atoms with van der Waals surface area (Å²) in [5, 5.41) is 28.4. The molecule has 2 aromatic rings. The topological polar surface area (TPSA) is 114 Å². The number of nitrogens with zero attached hydrogens (tertiary/aromatic N) is 1. The number of carbonyl (C=O) groups is 2. The van der Waals surface area contributed by atoms with E-state index in [1.54, 1.807) is 6.07 Å². The van der Waals surface area contributed by atoms with Gasteiger partial charge in [0.1, 0.15) is 17.0 Å². The van der Waals surface area contributed by atoms with Crippen LogP contribution in [0.25, 0.3) is 0 Å². The minimum atomic E-state index is -1.56. The second-order valence-corrected chi connectivity index (χ2v) is 13.2. The molecule has 2 amide bonds. The summed E-state index contributed by atoms with van der Waals surface area (Å²) < 4.78 is 30.8. The predicted octanol–water partition coefficient (Wildman–Crippen LogP) is 3.18. The van der Waals surface area contributed by atoms with Gasteiger partial charge in [0.2, 0.25) is 11.8 Å². The van der Waals surface area contributed by atoms with Crippen LogP contribution >= 0.6 is 23.2 Å². The number of aliphatic hydroxyl groups is 2. The van der Waals surface area contributed by atoms with Gasteiger partial charge in [-0.1, -0.05) is 56.1 Å². The summed E-state index contributed by atoms with van der Waals surface area (Å²) in [6.45, 7) is 7.06. The zero-order chi connectivity index (χ0) is 29.9. The smallest absolute Gasteiger partial charge is 0.237 e. The Hall–Kier alpha value is -2.34. The maximum absolute atomic E-state index is 15.8. The van der Waals surface area contributed by atoms with Gasteiger partial charge in [0, 0.05) is 43.8 Å². The van der Waals surface area contributed by atoms with Crippen molar-refractivity contribution in [2.45, 2.75) is 62.8 Å². The van der Waals surface area contributed by atoms with Crippen LogP contribution in [-0.2, 0) is 15.0 Å². The molecule has 5 N–H and O–H groups in total. The van der Waals surface area contributed by atoms with E-state index < -0.39 is 59.1 Å². The number of hydrogen-bond acceptors (Lipinski definition) is 6. The maximum atomic E-state index is 15.8. The van der Waals surface area contributed by atoms with Gasteiger partial charge in [-0.05, 0) is 41.2 Å². The number of amides is 2. The van der Waals surface area contributed by atoms with Gasteiger partial charge in [-0.25, -0.2) is 8.78 Å². The summed E-state index contributed by atoms with van der Waals surface area (Å²) >= 11 is 12.3. The lowest BCUT2D eigenvalue weighted by molar-refractivity contribution is -0.123. The molecule has 3 aliphatic rings. The molecule has 41 heavy (non-hydrogen) atoms. The van der Waals surface area contributed by atoms with Crippen LogP contribution < -0.4 is 16.0 Å². The number of β-amino-alcohol motifs (C(OH)–C–C–N with tert-alkyl or cyclic N) is 2. The summed E-state index contributed by atoms with van der Waals surface area (Å²) in [5.41, 5.74) is -1.23. The minimum absolute atomic E-state index is 0.0608. The molecule has 1 spiro atoms. The van der Waals surface area contributed by atoms with Crippen molar-refractivity contribution in [1.29, 1.82) is 0 Å². The van der Waals surface area contributed by atoms with E-state index in [0.717, 1.165) is 0 Å². The second kappa shape index (κ2) is 11.1. The summed E-state index contributed by atoms with van der Waals surface area (Å²) in [7, 11) is 0. The molecule has 0 radical (unpaired) electrons. The van der Waals surface area contributed by atoms with Gasteiger partial charge in [-0.15, -0.1) is 0 Å². The highest BCUT2D eigenvalue weighted by molar-refractivity contribution is 6.31. The highest BCUT2D eigenvalue weighted by Gasteiger charge is 2.66. The zero-order valence-electron chi connectivity index (χ0n) is 23.0. The molecule has 2 aromatic carbocycles. The number of hydrogen-bond donors (Lipinski definition) is 5. The molecule has 0 bridgehead atoms. The van der Waals surface area contributed by atoms with E-state index in [0.29, 0.717) is 24.2 Å². The fraction of sp³-hybridized carbons (Fsp3) is 0.517. The fourth-order valence-corrected chi connectivity index (χ4v) is 6.99. The molecule has 5 rings (SSSR count). The van der Waals surface area contributed by atoms with Crippen LogP contribution in [0.4, 0.5) is 14.5 Å². The first-order valence-electron chi connectivity index (χ1n) is 13.6. The Morgan fingerprint density at radius 3 is 2.49 bits per heavy atom. The number of carbonyl (C=O) groups excluding carboxylic acids is 2. The Balaban J connectivity index is 1.59. The Kier molecular flexibility index (Phi) is 8.12. The van der Waals surface area contributed by atoms with E-state index in [-0.39, 0.29) is 40.7 Å². The molecular formula is C29H34Cl2F2N4O4. The van der Waals surface area contributed by atoms with Gasteiger partial charge in [0.25, 0.3) is 0 Å². The summed E-state index contributed by atoms with van der Waals surface area (Å²) in [6.07, 6.45) is -1.31. The van der Waals surface area contributed by atoms with E-state index in [1.807, 2.05) is 25.7 Å². The molecule has 0 aromatic heterocycles. The lowest BCUT2D eigenvalue weighted by atomic mass is 9.62. The Bertz CT molecular complexity index is 1360. The Morgan fingerprint density at radius 1 is 1.15 bits per heavy atom. The highest BCUT2D eigenvalue weighted by Crippen LogP contribution is 2.57. The first-order valence-corrected chi connectivity index (χ1v) is 14.4. The number of benzene rings is 2. The normalized spacial score (nSPS) is 29.7. The predicted molar refractivity (Wildman–Crippen MR) is 152 cm³/mol. The molecule has 12 heteroatoms. The van der Waals surface area contributed by atoms with E-state index in [4.69, 9.17) is 23.2 Å². The molecule has 3 aliphatic heterocycles. The monoisotopic (exact) mass is 610 g/mol. The van der Waals surface area contributed by atoms with Crippen LogP contribution in [0.5, 0.6) is 0 Å². The van der Waals surface area contributed by atoms with Crippen LogP contribution in [0.15, 0.2) is 30.3 Å². The SMILES string of the molecule is CC(C)(C)C[C@H]1N[C@@H](C(=O)NCCN2C[C@@H](O)[C@H](O)C2)[C@H](c2cccc(Cl)c2F)[C@@]12C(=O)Nc1cc(Cl)c(F)cc12. The first kappa shape index (κ1) is 30.1. The van der Waals surface area contributed by atoms with Crippen LogP contribution in [0.1, 0.15) is 44.2 Å². The van der Waals surface area contributed by atoms with Gasteiger partial charge >= 0.3 is 0 Å². The molecule has 222 valence electrons. The molecule has 3 heterocycles. The molecule has 2 saturated heterocycles. The van der Waals surface area contributed by atoms with Crippen molar-refractivity contribution in [3.05, 3.63) is 63.1 Å². The first-order chi connectivity index (χ1) is 19.2. The maximum Gasteiger partial charge on any atom is 0.237 e. The summed E-state index contributed by atoms with van der Waals surface area (Å²) in [5.74, 6) is -3.54. The van der Waals surface area contributed by atoms with E-state index in [1.165, 1.54) is 24.3 Å². The molecule has 0 unspecified atom stereocenters. The quantitative estimate of drug-likeness (QED) is 0.343. The number of aliphatic hydroxyl groups excluding tert-OH is 2. The lowest BCUT2D eigenvalue weighted by Crippen LogP contribution is -2.49. The van der Waals surface area contributed by atoms with Crippen molar-refractivity contribution in [3.63, 3.8) is 0 Å². The van der Waals surface area contributed by atoms with Crippen molar-refractivity contribution < 1.29 is 28.6 Å². The number of fused-ring (bicyclic) bond motifs is 2. The zero-order valence-corrected chi connectivity index (χ0v) is 24.5. The molecule has 0 aliphatic carbocycles. The third-order valence-corrected chi connectivity index (χ3v) is 8.94. The third-order valence-electron chi connectivity index (χ3n) is 8.36. The number of likely N-dealkylation sites (tertiary alicyclic amines) is 1. The average Bonchev–Trinajstić information content (AvgIpc) is 3.47. The molecule has 8 nitrogen and oxygen atoms in total. The van der Waals surface area contributed by atoms with Gasteiger partial charge in [0.05, 0.1) is 28.3 Å². The lowest BCUT2D eigenvalue weighted by Gasteiger charge is -2.37. The Labute approximate surface area is 247 Å². The van der Waals surface area contributed by atoms with Crippen LogP contribution in [0.2, 0.25) is 10.0 Å². The fourth-order valence-electron chi connectivity index (χ4n) is 6.64. The summed E-state index contributed by atoms with van der Waals surface area (Å²) in [4.78, 5) is 29.8. The van der Waals surface area contributed by atoms with E-state index >= 15 is 4.39 Å². The van der Waals surface area contributed by atoms with E-state index in [2.05, 4.69) is 16.0 Å². The molecule has 2 fully saturated rings. The van der Waals surface area contributed by atoms with Gasteiger partial charge in [-0.3, -0.25) is 14.5 Å². The van der Waals surface area contributed by atoms with Gasteiger partial charge < -0.3 is 26.2 Å². The minimum Gasteiger partial charge on any atom is -0.389 e. The van der Waals surface area contributed by atoms with E-state index in [9.17, 15) is 24.2 Å². The van der Waals surface area contributed by atoms with Crippen LogP contribution in [0, 0.1) is 17.0 Å². The van der Waals surface area contributed by atoms with Crippen molar-refractivity contribution >= 4 is 40.7 Å². The van der Waals surface area contributed by atoms with Gasteiger partial charge in [-0.2, -0.15) is 0 Å². The third kappa shape index (κ3) is 5.34. The van der Waals surface area contributed by atoms with Gasteiger partial charge in [0.15, 0.2) is 0 Å². The molecule has 0 saturated carbocycles. The Morgan fingerprint density at radius 2 is 1.83 bits per heavy atom. The molecular weight excluding hydrogens is 577 g/mol. The van der Waals surface area contributed by atoms with Crippen LogP contribution in [-0.4, -0.2) is 77.4 Å². The summed E-state index contributed by atoms with van der Waals surface area (Å²) in [6, 6.07) is 5.21.